The molecular weight excluding hydrogens is 404 g/mol. The molecule has 1 heterocycles. The van der Waals surface area contributed by atoms with Gasteiger partial charge in [-0.2, -0.15) is 0 Å². The minimum absolute atomic E-state index is 0.288. The van der Waals surface area contributed by atoms with Crippen LogP contribution in [0.15, 0.2) is 97.8 Å². The van der Waals surface area contributed by atoms with Crippen molar-refractivity contribution in [3.05, 3.63) is 97.8 Å². The minimum atomic E-state index is -0.288. The summed E-state index contributed by atoms with van der Waals surface area (Å²) in [6, 6.07) is 23.8. The van der Waals surface area contributed by atoms with E-state index in [0.29, 0.717) is 34.4 Å². The smallest absolute Gasteiger partial charge is 0.247 e. The second-order valence-corrected chi connectivity index (χ2v) is 6.70. The van der Waals surface area contributed by atoms with E-state index in [0.717, 1.165) is 11.3 Å². The SMILES string of the molecule is C=CC(=O)Nc1ccc(Oc2ncnc(N)c2-c2ccc(Oc3ccccc3)cc2)cc1. The van der Waals surface area contributed by atoms with Crippen molar-refractivity contribution in [3.63, 3.8) is 0 Å². The van der Waals surface area contributed by atoms with Gasteiger partial charge in [-0.3, -0.25) is 4.79 Å². The molecule has 4 rings (SSSR count). The summed E-state index contributed by atoms with van der Waals surface area (Å²) in [7, 11) is 0. The van der Waals surface area contributed by atoms with Crippen LogP contribution in [-0.2, 0) is 4.79 Å². The van der Waals surface area contributed by atoms with Crippen molar-refractivity contribution >= 4 is 17.4 Å². The Labute approximate surface area is 185 Å². The summed E-state index contributed by atoms with van der Waals surface area (Å²) in [5, 5.41) is 2.68. The third kappa shape index (κ3) is 4.91. The molecule has 0 aliphatic carbocycles. The van der Waals surface area contributed by atoms with Crippen LogP contribution in [0.25, 0.3) is 11.1 Å². The second kappa shape index (κ2) is 9.44. The van der Waals surface area contributed by atoms with Crippen LogP contribution in [0.2, 0.25) is 0 Å². The largest absolute Gasteiger partial charge is 0.457 e. The number of nitrogens with zero attached hydrogens (tertiary/aromatic N) is 2. The number of rotatable bonds is 7. The Balaban J connectivity index is 1.55. The summed E-state index contributed by atoms with van der Waals surface area (Å²) in [6.07, 6.45) is 2.55. The number of hydrogen-bond acceptors (Lipinski definition) is 6. The molecule has 7 nitrogen and oxygen atoms in total. The van der Waals surface area contributed by atoms with Crippen molar-refractivity contribution in [2.24, 2.45) is 0 Å². The molecule has 1 amide bonds. The summed E-state index contributed by atoms with van der Waals surface area (Å²) >= 11 is 0. The molecule has 1 aromatic heterocycles. The lowest BCUT2D eigenvalue weighted by molar-refractivity contribution is -0.111. The maximum atomic E-state index is 11.4. The molecule has 0 aliphatic heterocycles. The summed E-state index contributed by atoms with van der Waals surface area (Å²) in [6.45, 7) is 3.43. The van der Waals surface area contributed by atoms with Crippen LogP contribution in [0.3, 0.4) is 0 Å². The first-order valence-corrected chi connectivity index (χ1v) is 9.77. The highest BCUT2D eigenvalue weighted by molar-refractivity contribution is 5.98. The van der Waals surface area contributed by atoms with Crippen LogP contribution in [0, 0.1) is 0 Å². The molecule has 32 heavy (non-hydrogen) atoms. The first-order valence-electron chi connectivity index (χ1n) is 9.77. The summed E-state index contributed by atoms with van der Waals surface area (Å²) in [5.74, 6) is 2.29. The molecule has 7 heteroatoms. The van der Waals surface area contributed by atoms with Crippen molar-refractivity contribution < 1.29 is 14.3 Å². The number of ether oxygens (including phenoxy) is 2. The molecule has 0 atom stereocenters. The number of carbonyl (C=O) groups excluding carboxylic acids is 1. The van der Waals surface area contributed by atoms with Crippen LogP contribution in [0.1, 0.15) is 0 Å². The fraction of sp³-hybridized carbons (Fsp3) is 0. The average molecular weight is 424 g/mol. The summed E-state index contributed by atoms with van der Waals surface area (Å²) < 4.78 is 11.8. The Morgan fingerprint density at radius 1 is 0.844 bits per heavy atom. The fourth-order valence-corrected chi connectivity index (χ4v) is 2.96. The average Bonchev–Trinajstić information content (AvgIpc) is 2.82. The summed E-state index contributed by atoms with van der Waals surface area (Å²) in [4.78, 5) is 19.8. The van der Waals surface area contributed by atoms with Gasteiger partial charge in [-0.05, 0) is 60.2 Å². The van der Waals surface area contributed by atoms with E-state index in [1.54, 1.807) is 24.3 Å². The number of nitrogen functional groups attached to an aromatic ring is 1. The standard InChI is InChI=1S/C25H20N4O3/c1-2-22(30)29-18-10-14-21(15-11-18)32-25-23(24(26)27-16-28-25)17-8-12-20(13-9-17)31-19-6-4-3-5-7-19/h2-16H,1H2,(H,29,30)(H2,26,27,28). The molecule has 0 aliphatic rings. The second-order valence-electron chi connectivity index (χ2n) is 6.70. The van der Waals surface area contributed by atoms with Gasteiger partial charge >= 0.3 is 0 Å². The lowest BCUT2D eigenvalue weighted by Crippen LogP contribution is -2.06. The number of carbonyl (C=O) groups is 1. The fourth-order valence-electron chi connectivity index (χ4n) is 2.96. The molecule has 0 saturated heterocycles. The number of hydrogen-bond donors (Lipinski definition) is 2. The molecule has 4 aromatic rings. The Bertz CT molecular complexity index is 1220. The number of para-hydroxylation sites is 1. The molecule has 0 radical (unpaired) electrons. The molecule has 0 saturated carbocycles. The highest BCUT2D eigenvalue weighted by atomic mass is 16.5. The van der Waals surface area contributed by atoms with Crippen molar-refractivity contribution in [1.82, 2.24) is 9.97 Å². The maximum Gasteiger partial charge on any atom is 0.247 e. The minimum Gasteiger partial charge on any atom is -0.457 e. The zero-order valence-corrected chi connectivity index (χ0v) is 17.1. The van der Waals surface area contributed by atoms with Gasteiger partial charge in [0.15, 0.2) is 0 Å². The van der Waals surface area contributed by atoms with Crippen LogP contribution in [0.4, 0.5) is 11.5 Å². The van der Waals surface area contributed by atoms with Gasteiger partial charge in [-0.15, -0.1) is 0 Å². The number of amides is 1. The van der Waals surface area contributed by atoms with E-state index >= 15 is 0 Å². The van der Waals surface area contributed by atoms with Crippen LogP contribution in [0.5, 0.6) is 23.1 Å². The van der Waals surface area contributed by atoms with Gasteiger partial charge in [0.05, 0.1) is 5.56 Å². The monoisotopic (exact) mass is 424 g/mol. The van der Waals surface area contributed by atoms with E-state index in [1.807, 2.05) is 54.6 Å². The quantitative estimate of drug-likeness (QED) is 0.384. The lowest BCUT2D eigenvalue weighted by Gasteiger charge is -2.13. The zero-order chi connectivity index (χ0) is 22.3. The van der Waals surface area contributed by atoms with Gasteiger partial charge in [0.25, 0.3) is 0 Å². The Kier molecular flexibility index (Phi) is 6.08. The topological polar surface area (TPSA) is 99.4 Å². The molecule has 158 valence electrons. The van der Waals surface area contributed by atoms with Gasteiger partial charge < -0.3 is 20.5 Å². The molecular formula is C25H20N4O3. The third-order valence-corrected chi connectivity index (χ3v) is 4.49. The van der Waals surface area contributed by atoms with E-state index < -0.39 is 0 Å². The molecule has 0 fully saturated rings. The normalized spacial score (nSPS) is 10.2. The predicted octanol–water partition coefficient (Wildman–Crippen LogP) is 5.43. The highest BCUT2D eigenvalue weighted by Crippen LogP contribution is 2.36. The predicted molar refractivity (Wildman–Crippen MR) is 124 cm³/mol. The van der Waals surface area contributed by atoms with Gasteiger partial charge in [-0.1, -0.05) is 36.9 Å². The van der Waals surface area contributed by atoms with Gasteiger partial charge in [0.1, 0.15) is 29.4 Å². The van der Waals surface area contributed by atoms with Gasteiger partial charge in [0, 0.05) is 5.69 Å². The van der Waals surface area contributed by atoms with Gasteiger partial charge in [-0.25, -0.2) is 9.97 Å². The van der Waals surface area contributed by atoms with Crippen molar-refractivity contribution in [2.45, 2.75) is 0 Å². The van der Waals surface area contributed by atoms with E-state index in [1.165, 1.54) is 12.4 Å². The number of benzene rings is 3. The van der Waals surface area contributed by atoms with Gasteiger partial charge in [0.2, 0.25) is 11.8 Å². The van der Waals surface area contributed by atoms with E-state index in [2.05, 4.69) is 21.9 Å². The van der Waals surface area contributed by atoms with E-state index in [9.17, 15) is 4.79 Å². The number of nitrogens with one attached hydrogen (secondary N) is 1. The summed E-state index contributed by atoms with van der Waals surface area (Å²) in [5.41, 5.74) is 8.13. The lowest BCUT2D eigenvalue weighted by atomic mass is 10.1. The van der Waals surface area contributed by atoms with Crippen molar-refractivity contribution in [3.8, 4) is 34.3 Å². The van der Waals surface area contributed by atoms with Crippen molar-refractivity contribution in [1.29, 1.82) is 0 Å². The number of anilines is 2. The molecule has 0 bridgehead atoms. The number of aromatic nitrogens is 2. The molecule has 0 spiro atoms. The maximum absolute atomic E-state index is 11.4. The Hall–Kier alpha value is -4.65. The first-order chi connectivity index (χ1) is 15.6. The molecule has 3 N–H and O–H groups in total. The van der Waals surface area contributed by atoms with Crippen LogP contribution < -0.4 is 20.5 Å². The Morgan fingerprint density at radius 2 is 1.47 bits per heavy atom. The molecule has 0 unspecified atom stereocenters. The third-order valence-electron chi connectivity index (χ3n) is 4.49. The first kappa shape index (κ1) is 20.6. The number of nitrogens with two attached hydrogens (primary N) is 1. The highest BCUT2D eigenvalue weighted by Gasteiger charge is 2.14. The van der Waals surface area contributed by atoms with Crippen LogP contribution >= 0.6 is 0 Å². The Morgan fingerprint density at radius 3 is 2.16 bits per heavy atom. The van der Waals surface area contributed by atoms with E-state index in [-0.39, 0.29) is 5.91 Å². The van der Waals surface area contributed by atoms with E-state index in [4.69, 9.17) is 15.2 Å². The van der Waals surface area contributed by atoms with Crippen LogP contribution in [-0.4, -0.2) is 15.9 Å². The van der Waals surface area contributed by atoms with Crippen molar-refractivity contribution in [2.75, 3.05) is 11.1 Å². The zero-order valence-electron chi connectivity index (χ0n) is 17.1. The molecule has 3 aromatic carbocycles.